The van der Waals surface area contributed by atoms with Crippen LogP contribution in [0.1, 0.15) is 13.3 Å². The molecule has 2 N–H and O–H groups in total. The Morgan fingerprint density at radius 2 is 2.55 bits per heavy atom. The van der Waals surface area contributed by atoms with Crippen LogP contribution in [-0.4, -0.2) is 36.4 Å². The highest BCUT2D eigenvalue weighted by Crippen LogP contribution is 2.07. The van der Waals surface area contributed by atoms with Gasteiger partial charge < -0.3 is 15.2 Å². The van der Waals surface area contributed by atoms with Gasteiger partial charge in [0.05, 0.1) is 6.61 Å². The zero-order valence-electron chi connectivity index (χ0n) is 6.54. The van der Waals surface area contributed by atoms with E-state index in [4.69, 9.17) is 9.84 Å². The Kier molecular flexibility index (Phi) is 2.84. The first-order valence-electron chi connectivity index (χ1n) is 3.83. The maximum absolute atomic E-state index is 10.6. The Balaban J connectivity index is 2.51. The summed E-state index contributed by atoms with van der Waals surface area (Å²) in [5.74, 6) is -0.871. The number of rotatable bonds is 2. The van der Waals surface area contributed by atoms with E-state index >= 15 is 0 Å². The zero-order valence-corrected chi connectivity index (χ0v) is 6.54. The number of morpholine rings is 1. The zero-order chi connectivity index (χ0) is 8.27. The number of aliphatic carboxylic acids is 1. The predicted octanol–water partition coefficient (Wildman–Crippen LogP) is -0.162. The average molecular weight is 159 g/mol. The lowest BCUT2D eigenvalue weighted by molar-refractivity contribution is -0.155. The summed E-state index contributed by atoms with van der Waals surface area (Å²) in [6.45, 7) is 3.19. The molecule has 0 aromatic heterocycles. The number of ether oxygens (including phenoxy) is 1. The highest BCUT2D eigenvalue weighted by Gasteiger charge is 2.29. The van der Waals surface area contributed by atoms with Gasteiger partial charge in [0.25, 0.3) is 0 Å². The van der Waals surface area contributed by atoms with E-state index in [-0.39, 0.29) is 6.04 Å². The molecule has 0 aromatic carbocycles. The Hall–Kier alpha value is -0.610. The molecule has 0 aromatic rings. The van der Waals surface area contributed by atoms with Crippen molar-refractivity contribution in [1.82, 2.24) is 5.32 Å². The van der Waals surface area contributed by atoms with Gasteiger partial charge >= 0.3 is 5.97 Å². The van der Waals surface area contributed by atoms with E-state index in [2.05, 4.69) is 5.32 Å². The Morgan fingerprint density at radius 1 is 1.82 bits per heavy atom. The van der Waals surface area contributed by atoms with E-state index < -0.39 is 12.1 Å². The largest absolute Gasteiger partial charge is 0.479 e. The molecule has 0 radical (unpaired) electrons. The SMILES string of the molecule is CC[C@H]1NCCO[C@@H]1C(=O)O. The summed E-state index contributed by atoms with van der Waals surface area (Å²) in [7, 11) is 0. The second-order valence-corrected chi connectivity index (χ2v) is 2.60. The molecule has 0 saturated carbocycles. The lowest BCUT2D eigenvalue weighted by Crippen LogP contribution is -2.51. The Bertz CT molecular complexity index is 149. The normalized spacial score (nSPS) is 31.7. The van der Waals surface area contributed by atoms with Crippen molar-refractivity contribution in [3.8, 4) is 0 Å². The van der Waals surface area contributed by atoms with Crippen LogP contribution in [-0.2, 0) is 9.53 Å². The number of carboxylic acids is 1. The molecule has 1 saturated heterocycles. The van der Waals surface area contributed by atoms with Crippen molar-refractivity contribution in [3.63, 3.8) is 0 Å². The van der Waals surface area contributed by atoms with E-state index in [0.29, 0.717) is 6.61 Å². The van der Waals surface area contributed by atoms with E-state index in [1.807, 2.05) is 6.92 Å². The first kappa shape index (κ1) is 8.49. The molecule has 4 nitrogen and oxygen atoms in total. The van der Waals surface area contributed by atoms with E-state index in [1.54, 1.807) is 0 Å². The van der Waals surface area contributed by atoms with Gasteiger partial charge in [0.15, 0.2) is 6.10 Å². The van der Waals surface area contributed by atoms with Crippen LogP contribution in [0.25, 0.3) is 0 Å². The van der Waals surface area contributed by atoms with Crippen molar-refractivity contribution < 1.29 is 14.6 Å². The molecule has 1 aliphatic heterocycles. The summed E-state index contributed by atoms with van der Waals surface area (Å²) in [5, 5.41) is 11.8. The minimum Gasteiger partial charge on any atom is -0.479 e. The van der Waals surface area contributed by atoms with Crippen molar-refractivity contribution >= 4 is 5.97 Å². The molecular weight excluding hydrogens is 146 g/mol. The maximum atomic E-state index is 10.6. The number of carboxylic acid groups (broad SMARTS) is 1. The summed E-state index contributed by atoms with van der Waals surface area (Å²) in [6.07, 6.45) is 0.130. The monoisotopic (exact) mass is 159 g/mol. The van der Waals surface area contributed by atoms with Crippen molar-refractivity contribution in [2.24, 2.45) is 0 Å². The summed E-state index contributed by atoms with van der Waals surface area (Å²) >= 11 is 0. The second-order valence-electron chi connectivity index (χ2n) is 2.60. The molecule has 0 amide bonds. The fourth-order valence-corrected chi connectivity index (χ4v) is 1.26. The fraction of sp³-hybridized carbons (Fsp3) is 0.857. The highest BCUT2D eigenvalue weighted by molar-refractivity contribution is 5.73. The van der Waals surface area contributed by atoms with Gasteiger partial charge in [0.1, 0.15) is 0 Å². The second kappa shape index (κ2) is 3.69. The van der Waals surface area contributed by atoms with Crippen LogP contribution in [0.15, 0.2) is 0 Å². The predicted molar refractivity (Wildman–Crippen MR) is 39.5 cm³/mol. The summed E-state index contributed by atoms with van der Waals surface area (Å²) in [6, 6.07) is -0.0266. The van der Waals surface area contributed by atoms with Crippen LogP contribution in [0.5, 0.6) is 0 Å². The van der Waals surface area contributed by atoms with Crippen LogP contribution in [0.2, 0.25) is 0 Å². The van der Waals surface area contributed by atoms with Crippen molar-refractivity contribution in [2.45, 2.75) is 25.5 Å². The van der Waals surface area contributed by atoms with Crippen LogP contribution < -0.4 is 5.32 Å². The van der Waals surface area contributed by atoms with Crippen LogP contribution in [0, 0.1) is 0 Å². The first-order valence-corrected chi connectivity index (χ1v) is 3.83. The molecule has 1 rings (SSSR count). The molecule has 4 heteroatoms. The summed E-state index contributed by atoms with van der Waals surface area (Å²) in [5.41, 5.74) is 0. The number of nitrogens with one attached hydrogen (secondary N) is 1. The summed E-state index contributed by atoms with van der Waals surface area (Å²) in [4.78, 5) is 10.6. The third-order valence-corrected chi connectivity index (χ3v) is 1.85. The Morgan fingerprint density at radius 3 is 3.00 bits per heavy atom. The maximum Gasteiger partial charge on any atom is 0.334 e. The third-order valence-electron chi connectivity index (χ3n) is 1.85. The molecular formula is C7H13NO3. The van der Waals surface area contributed by atoms with Crippen molar-refractivity contribution in [3.05, 3.63) is 0 Å². The molecule has 1 heterocycles. The van der Waals surface area contributed by atoms with Gasteiger partial charge in [-0.05, 0) is 6.42 Å². The van der Waals surface area contributed by atoms with Gasteiger partial charge in [-0.3, -0.25) is 0 Å². The van der Waals surface area contributed by atoms with Crippen LogP contribution in [0.3, 0.4) is 0 Å². The molecule has 2 atom stereocenters. The molecule has 1 fully saturated rings. The lowest BCUT2D eigenvalue weighted by Gasteiger charge is -2.28. The smallest absolute Gasteiger partial charge is 0.334 e. The van der Waals surface area contributed by atoms with Crippen molar-refractivity contribution in [2.75, 3.05) is 13.2 Å². The molecule has 1 aliphatic rings. The standard InChI is InChI=1S/C7H13NO3/c1-2-5-6(7(9)10)11-4-3-8-5/h5-6,8H,2-4H2,1H3,(H,9,10)/t5-,6+/m1/s1. The minimum absolute atomic E-state index is 0.0266. The Labute approximate surface area is 65.5 Å². The number of hydrogen-bond acceptors (Lipinski definition) is 3. The number of hydrogen-bond donors (Lipinski definition) is 2. The molecule has 0 bridgehead atoms. The van der Waals surface area contributed by atoms with Crippen molar-refractivity contribution in [1.29, 1.82) is 0 Å². The van der Waals surface area contributed by atoms with Crippen LogP contribution in [0.4, 0.5) is 0 Å². The average Bonchev–Trinajstić information content (AvgIpc) is 2.04. The van der Waals surface area contributed by atoms with Gasteiger partial charge in [-0.15, -0.1) is 0 Å². The highest BCUT2D eigenvalue weighted by atomic mass is 16.5. The van der Waals surface area contributed by atoms with Gasteiger partial charge in [0.2, 0.25) is 0 Å². The lowest BCUT2D eigenvalue weighted by atomic mass is 10.1. The minimum atomic E-state index is -0.871. The third kappa shape index (κ3) is 1.91. The summed E-state index contributed by atoms with van der Waals surface area (Å²) < 4.78 is 5.08. The van der Waals surface area contributed by atoms with Gasteiger partial charge in [-0.1, -0.05) is 6.92 Å². The molecule has 11 heavy (non-hydrogen) atoms. The topological polar surface area (TPSA) is 58.6 Å². The molecule has 64 valence electrons. The van der Waals surface area contributed by atoms with Gasteiger partial charge in [-0.2, -0.15) is 0 Å². The van der Waals surface area contributed by atoms with Gasteiger partial charge in [-0.25, -0.2) is 4.79 Å². The first-order chi connectivity index (χ1) is 5.25. The van der Waals surface area contributed by atoms with Gasteiger partial charge in [0, 0.05) is 12.6 Å². The number of carbonyl (C=O) groups is 1. The fourth-order valence-electron chi connectivity index (χ4n) is 1.26. The molecule has 0 unspecified atom stereocenters. The molecule has 0 spiro atoms. The van der Waals surface area contributed by atoms with E-state index in [9.17, 15) is 4.79 Å². The molecule has 0 aliphatic carbocycles. The van der Waals surface area contributed by atoms with E-state index in [0.717, 1.165) is 13.0 Å². The van der Waals surface area contributed by atoms with E-state index in [1.165, 1.54) is 0 Å². The van der Waals surface area contributed by atoms with Crippen LogP contribution >= 0.6 is 0 Å². The quantitative estimate of drug-likeness (QED) is 0.587.